The van der Waals surface area contributed by atoms with Crippen LogP contribution in [0.5, 0.6) is 0 Å². The lowest BCUT2D eigenvalue weighted by atomic mass is 10.3. The zero-order valence-corrected chi connectivity index (χ0v) is 18.2. The standard InChI is InChI=1S/C19H26F3N5S2/c1-3-23-18(26-14-7-9-27(10-14)12-19(20,21)22)24-8-6-15-4-5-17(29-15)16-11-28-13(2)25-16/h4-5,11,14H,3,6-10,12H2,1-2H3,(H2,23,24,26). The number of guanidine groups is 1. The number of thiophene rings is 1. The van der Waals surface area contributed by atoms with E-state index in [1.165, 1.54) is 9.78 Å². The highest BCUT2D eigenvalue weighted by Crippen LogP contribution is 2.29. The van der Waals surface area contributed by atoms with Crippen molar-refractivity contribution in [3.05, 3.63) is 27.4 Å². The number of hydrogen-bond acceptors (Lipinski definition) is 5. The van der Waals surface area contributed by atoms with Crippen molar-refractivity contribution in [3.8, 4) is 10.6 Å². The molecule has 3 rings (SSSR count). The number of aryl methyl sites for hydroxylation is 1. The summed E-state index contributed by atoms with van der Waals surface area (Å²) in [5.74, 6) is 0.665. The first kappa shape index (κ1) is 22.0. The fraction of sp³-hybridized carbons (Fsp3) is 0.579. The van der Waals surface area contributed by atoms with Crippen molar-refractivity contribution < 1.29 is 13.2 Å². The monoisotopic (exact) mass is 445 g/mol. The molecule has 0 aromatic carbocycles. The smallest absolute Gasteiger partial charge is 0.357 e. The molecular formula is C19H26F3N5S2. The number of likely N-dealkylation sites (tertiary alicyclic amines) is 1. The molecule has 0 radical (unpaired) electrons. The SMILES string of the molecule is CCNC(=NCCc1ccc(-c2csc(C)n2)s1)NC1CCN(CC(F)(F)F)C1. The molecule has 29 heavy (non-hydrogen) atoms. The first-order chi connectivity index (χ1) is 13.8. The zero-order valence-electron chi connectivity index (χ0n) is 16.6. The van der Waals surface area contributed by atoms with Crippen molar-refractivity contribution in [2.75, 3.05) is 32.7 Å². The summed E-state index contributed by atoms with van der Waals surface area (Å²) in [4.78, 5) is 13.0. The number of aliphatic imine (C=N–C) groups is 1. The molecule has 1 fully saturated rings. The largest absolute Gasteiger partial charge is 0.401 e. The highest BCUT2D eigenvalue weighted by molar-refractivity contribution is 7.16. The summed E-state index contributed by atoms with van der Waals surface area (Å²) in [7, 11) is 0. The van der Waals surface area contributed by atoms with Crippen LogP contribution in [0.25, 0.3) is 10.6 Å². The Labute approximate surface area is 177 Å². The van der Waals surface area contributed by atoms with Gasteiger partial charge in [-0.3, -0.25) is 9.89 Å². The lowest BCUT2D eigenvalue weighted by Crippen LogP contribution is -2.45. The Bertz CT molecular complexity index is 815. The maximum Gasteiger partial charge on any atom is 0.401 e. The molecule has 5 nitrogen and oxygen atoms in total. The van der Waals surface area contributed by atoms with E-state index in [0.29, 0.717) is 38.6 Å². The molecule has 10 heteroatoms. The molecule has 0 spiro atoms. The zero-order chi connectivity index (χ0) is 20.9. The predicted molar refractivity (Wildman–Crippen MR) is 114 cm³/mol. The molecule has 1 saturated heterocycles. The van der Waals surface area contributed by atoms with Gasteiger partial charge in [0, 0.05) is 48.9 Å². The highest BCUT2D eigenvalue weighted by atomic mass is 32.1. The van der Waals surface area contributed by atoms with Crippen molar-refractivity contribution in [1.29, 1.82) is 0 Å². The molecule has 2 N–H and O–H groups in total. The summed E-state index contributed by atoms with van der Waals surface area (Å²) >= 11 is 3.37. The fourth-order valence-corrected chi connectivity index (χ4v) is 4.91. The topological polar surface area (TPSA) is 52.6 Å². The maximum atomic E-state index is 12.6. The predicted octanol–water partition coefficient (Wildman–Crippen LogP) is 3.91. The van der Waals surface area contributed by atoms with Gasteiger partial charge >= 0.3 is 6.18 Å². The average Bonchev–Trinajstić information content (AvgIpc) is 3.35. The van der Waals surface area contributed by atoms with Crippen molar-refractivity contribution in [2.45, 2.75) is 38.9 Å². The molecule has 1 aliphatic rings. The summed E-state index contributed by atoms with van der Waals surface area (Å²) in [5.41, 5.74) is 1.02. The molecule has 2 aromatic rings. The van der Waals surface area contributed by atoms with E-state index in [1.807, 2.05) is 13.8 Å². The molecule has 160 valence electrons. The first-order valence-corrected chi connectivity index (χ1v) is 11.4. The van der Waals surface area contributed by atoms with Gasteiger partial charge in [0.05, 0.1) is 22.1 Å². The van der Waals surface area contributed by atoms with Crippen LogP contribution in [-0.4, -0.2) is 60.8 Å². The molecule has 1 atom stereocenters. The van der Waals surface area contributed by atoms with E-state index in [1.54, 1.807) is 22.7 Å². The van der Waals surface area contributed by atoms with Gasteiger partial charge in [-0.05, 0) is 32.4 Å². The number of halogens is 3. The number of aromatic nitrogens is 1. The van der Waals surface area contributed by atoms with Crippen LogP contribution in [-0.2, 0) is 6.42 Å². The van der Waals surface area contributed by atoms with Gasteiger partial charge in [-0.15, -0.1) is 22.7 Å². The highest BCUT2D eigenvalue weighted by Gasteiger charge is 2.34. The Morgan fingerprint density at radius 1 is 1.38 bits per heavy atom. The summed E-state index contributed by atoms with van der Waals surface area (Å²) in [6, 6.07) is 4.18. The lowest BCUT2D eigenvalue weighted by Gasteiger charge is -2.19. The molecule has 1 unspecified atom stereocenters. The van der Waals surface area contributed by atoms with E-state index in [0.717, 1.165) is 22.0 Å². The van der Waals surface area contributed by atoms with E-state index in [4.69, 9.17) is 0 Å². The number of alkyl halides is 3. The first-order valence-electron chi connectivity index (χ1n) is 9.67. The molecular weight excluding hydrogens is 419 g/mol. The molecule has 0 saturated carbocycles. The Hall–Kier alpha value is -1.65. The van der Waals surface area contributed by atoms with Crippen molar-refractivity contribution in [1.82, 2.24) is 20.5 Å². The second kappa shape index (κ2) is 9.90. The van der Waals surface area contributed by atoms with Gasteiger partial charge in [-0.25, -0.2) is 4.98 Å². The molecule has 3 heterocycles. The van der Waals surface area contributed by atoms with Gasteiger partial charge in [0.15, 0.2) is 5.96 Å². The van der Waals surface area contributed by atoms with Crippen molar-refractivity contribution in [2.24, 2.45) is 4.99 Å². The second-order valence-corrected chi connectivity index (χ2v) is 9.24. The summed E-state index contributed by atoms with van der Waals surface area (Å²) in [6.07, 6.45) is -2.65. The van der Waals surface area contributed by atoms with Gasteiger partial charge in [0.2, 0.25) is 0 Å². The Kier molecular flexibility index (Phi) is 7.53. The molecule has 0 amide bonds. The number of hydrogen-bond donors (Lipinski definition) is 2. The minimum atomic E-state index is -4.15. The van der Waals surface area contributed by atoms with E-state index in [9.17, 15) is 13.2 Å². The third-order valence-electron chi connectivity index (χ3n) is 4.52. The Balaban J connectivity index is 1.50. The van der Waals surface area contributed by atoms with Crippen LogP contribution in [0.15, 0.2) is 22.5 Å². The minimum absolute atomic E-state index is 0.0172. The summed E-state index contributed by atoms with van der Waals surface area (Å²) in [6.45, 7) is 5.28. The normalized spacial score (nSPS) is 18.4. The van der Waals surface area contributed by atoms with Crippen LogP contribution in [0.3, 0.4) is 0 Å². The van der Waals surface area contributed by atoms with Crippen LogP contribution in [0, 0.1) is 6.92 Å². The molecule has 2 aromatic heterocycles. The number of thiazole rings is 1. The quantitative estimate of drug-likeness (QED) is 0.501. The Morgan fingerprint density at radius 2 is 2.21 bits per heavy atom. The number of nitrogens with zero attached hydrogens (tertiary/aromatic N) is 3. The summed E-state index contributed by atoms with van der Waals surface area (Å²) < 4.78 is 37.7. The van der Waals surface area contributed by atoms with Crippen LogP contribution < -0.4 is 10.6 Å². The third-order valence-corrected chi connectivity index (χ3v) is 6.46. The lowest BCUT2D eigenvalue weighted by molar-refractivity contribution is -0.143. The van der Waals surface area contributed by atoms with Gasteiger partial charge < -0.3 is 10.6 Å². The van der Waals surface area contributed by atoms with Gasteiger partial charge in [-0.2, -0.15) is 13.2 Å². The van der Waals surface area contributed by atoms with Gasteiger partial charge in [-0.1, -0.05) is 0 Å². The van der Waals surface area contributed by atoms with Gasteiger partial charge in [0.25, 0.3) is 0 Å². The molecule has 0 aliphatic carbocycles. The Morgan fingerprint density at radius 3 is 2.90 bits per heavy atom. The average molecular weight is 446 g/mol. The van der Waals surface area contributed by atoms with E-state index in [-0.39, 0.29) is 6.04 Å². The molecule has 0 bridgehead atoms. The third kappa shape index (κ3) is 6.97. The van der Waals surface area contributed by atoms with Crippen molar-refractivity contribution >= 4 is 28.6 Å². The van der Waals surface area contributed by atoms with Crippen molar-refractivity contribution in [3.63, 3.8) is 0 Å². The molecule has 1 aliphatic heterocycles. The second-order valence-electron chi connectivity index (χ2n) is 7.01. The van der Waals surface area contributed by atoms with E-state index in [2.05, 4.69) is 38.1 Å². The number of rotatable bonds is 7. The van der Waals surface area contributed by atoms with E-state index < -0.39 is 12.7 Å². The maximum absolute atomic E-state index is 12.6. The fourth-order valence-electron chi connectivity index (χ4n) is 3.27. The van der Waals surface area contributed by atoms with Gasteiger partial charge in [0.1, 0.15) is 0 Å². The number of nitrogens with one attached hydrogen (secondary N) is 2. The van der Waals surface area contributed by atoms with Crippen LogP contribution in [0.1, 0.15) is 23.2 Å². The van der Waals surface area contributed by atoms with E-state index >= 15 is 0 Å². The van der Waals surface area contributed by atoms with Crippen LogP contribution in [0.2, 0.25) is 0 Å². The van der Waals surface area contributed by atoms with Crippen LogP contribution >= 0.6 is 22.7 Å². The summed E-state index contributed by atoms with van der Waals surface area (Å²) in [5, 5.41) is 9.59. The van der Waals surface area contributed by atoms with Crippen LogP contribution in [0.4, 0.5) is 13.2 Å². The minimum Gasteiger partial charge on any atom is -0.357 e.